The molecule has 1 fully saturated rings. The van der Waals surface area contributed by atoms with E-state index in [1.54, 1.807) is 0 Å². The Morgan fingerprint density at radius 3 is 2.76 bits per heavy atom. The maximum Gasteiger partial charge on any atom is 0.138 e. The van der Waals surface area contributed by atoms with Crippen molar-refractivity contribution in [2.24, 2.45) is 0 Å². The lowest BCUT2D eigenvalue weighted by atomic mass is 9.99. The number of halogens is 1. The fourth-order valence-electron chi connectivity index (χ4n) is 3.01. The molecule has 0 radical (unpaired) electrons. The first-order chi connectivity index (χ1) is 12.3. The summed E-state index contributed by atoms with van der Waals surface area (Å²) in [7, 11) is 0. The number of carbonyl (C=O) groups excluding carboxylic acids is 1. The van der Waals surface area contributed by atoms with Crippen molar-refractivity contribution in [1.82, 2.24) is 10.6 Å². The van der Waals surface area contributed by atoms with Crippen LogP contribution in [0.3, 0.4) is 0 Å². The molecule has 25 heavy (non-hydrogen) atoms. The zero-order valence-electron chi connectivity index (χ0n) is 14.1. The van der Waals surface area contributed by atoms with Gasteiger partial charge in [-0.3, -0.25) is 0 Å². The van der Waals surface area contributed by atoms with Gasteiger partial charge in [-0.15, -0.1) is 0 Å². The summed E-state index contributed by atoms with van der Waals surface area (Å²) in [6.45, 7) is 2.10. The number of carbonyl (C=O) groups is 1. The second-order valence-corrected chi connectivity index (χ2v) is 6.68. The third-order valence-corrected chi connectivity index (χ3v) is 4.86. The quantitative estimate of drug-likeness (QED) is 0.745. The zero-order valence-corrected chi connectivity index (χ0v) is 14.8. The third-order valence-electron chi connectivity index (χ3n) is 4.50. The summed E-state index contributed by atoms with van der Waals surface area (Å²) in [6.07, 6.45) is 3.12. The predicted octanol–water partition coefficient (Wildman–Crippen LogP) is 3.33. The number of rotatable bonds is 7. The van der Waals surface area contributed by atoms with Crippen molar-refractivity contribution in [3.05, 3.63) is 64.7 Å². The van der Waals surface area contributed by atoms with Crippen LogP contribution < -0.4 is 15.4 Å². The van der Waals surface area contributed by atoms with E-state index in [9.17, 15) is 4.79 Å². The topological polar surface area (TPSA) is 50.4 Å². The Balaban J connectivity index is 1.50. The third kappa shape index (κ3) is 5.05. The van der Waals surface area contributed by atoms with Gasteiger partial charge in [-0.1, -0.05) is 41.9 Å². The number of nitrogens with one attached hydrogen (secondary N) is 2. The van der Waals surface area contributed by atoms with Gasteiger partial charge >= 0.3 is 0 Å². The van der Waals surface area contributed by atoms with Crippen molar-refractivity contribution in [2.75, 3.05) is 6.54 Å². The van der Waals surface area contributed by atoms with E-state index >= 15 is 0 Å². The molecule has 2 aromatic rings. The van der Waals surface area contributed by atoms with Gasteiger partial charge in [0.15, 0.2) is 0 Å². The highest BCUT2D eigenvalue weighted by Crippen LogP contribution is 2.19. The molecule has 2 atom stereocenters. The number of benzene rings is 2. The van der Waals surface area contributed by atoms with Crippen molar-refractivity contribution in [1.29, 1.82) is 0 Å². The predicted molar refractivity (Wildman–Crippen MR) is 99.9 cm³/mol. The largest absolute Gasteiger partial charge is 0.489 e. The number of ether oxygens (including phenoxy) is 1. The minimum absolute atomic E-state index is 0.0908. The molecule has 4 nitrogen and oxygen atoms in total. The van der Waals surface area contributed by atoms with Gasteiger partial charge in [-0.25, -0.2) is 0 Å². The normalized spacial score (nSPS) is 20.2. The SMILES string of the molecule is O=CC1NCCCC1NCc1ccc(OCc2ccccc2Cl)cc1. The van der Waals surface area contributed by atoms with Gasteiger partial charge in [0.1, 0.15) is 18.6 Å². The van der Waals surface area contributed by atoms with E-state index in [0.717, 1.165) is 43.5 Å². The molecule has 1 saturated heterocycles. The molecule has 0 aromatic heterocycles. The van der Waals surface area contributed by atoms with Crippen LogP contribution in [0.1, 0.15) is 24.0 Å². The zero-order chi connectivity index (χ0) is 17.5. The maximum atomic E-state index is 11.1. The summed E-state index contributed by atoms with van der Waals surface area (Å²) in [6, 6.07) is 15.8. The smallest absolute Gasteiger partial charge is 0.138 e. The van der Waals surface area contributed by atoms with E-state index < -0.39 is 0 Å². The number of hydrogen-bond donors (Lipinski definition) is 2. The van der Waals surface area contributed by atoms with E-state index in [1.807, 2.05) is 48.5 Å². The van der Waals surface area contributed by atoms with E-state index in [-0.39, 0.29) is 12.1 Å². The summed E-state index contributed by atoms with van der Waals surface area (Å²) in [5.74, 6) is 0.814. The Labute approximate surface area is 153 Å². The van der Waals surface area contributed by atoms with E-state index in [0.29, 0.717) is 11.6 Å². The Morgan fingerprint density at radius 1 is 1.20 bits per heavy atom. The van der Waals surface area contributed by atoms with Crippen molar-refractivity contribution in [3.63, 3.8) is 0 Å². The molecule has 3 rings (SSSR count). The van der Waals surface area contributed by atoms with Gasteiger partial charge < -0.3 is 20.2 Å². The van der Waals surface area contributed by atoms with Crippen LogP contribution in [0.25, 0.3) is 0 Å². The Kier molecular flexibility index (Phi) is 6.45. The van der Waals surface area contributed by atoms with Crippen LogP contribution >= 0.6 is 11.6 Å². The van der Waals surface area contributed by atoms with Crippen molar-refractivity contribution in [3.8, 4) is 5.75 Å². The van der Waals surface area contributed by atoms with Crippen LogP contribution in [0.4, 0.5) is 0 Å². The van der Waals surface area contributed by atoms with Gasteiger partial charge in [-0.05, 0) is 43.1 Å². The van der Waals surface area contributed by atoms with Gasteiger partial charge in [0.25, 0.3) is 0 Å². The van der Waals surface area contributed by atoms with Gasteiger partial charge in [-0.2, -0.15) is 0 Å². The van der Waals surface area contributed by atoms with Crippen LogP contribution in [-0.4, -0.2) is 24.9 Å². The second-order valence-electron chi connectivity index (χ2n) is 6.27. The van der Waals surface area contributed by atoms with Crippen molar-refractivity contribution in [2.45, 2.75) is 38.1 Å². The summed E-state index contributed by atoms with van der Waals surface area (Å²) in [5.41, 5.74) is 2.14. The standard InChI is InChI=1S/C20H23ClN2O2/c21-18-5-2-1-4-16(18)14-25-17-9-7-15(8-10-17)12-23-19-6-3-11-22-20(19)13-24/h1-2,4-5,7-10,13,19-20,22-23H,3,6,11-12,14H2. The molecule has 5 heteroatoms. The van der Waals surface area contributed by atoms with Gasteiger partial charge in [0, 0.05) is 23.2 Å². The summed E-state index contributed by atoms with van der Waals surface area (Å²) >= 11 is 6.14. The second kappa shape index (κ2) is 8.99. The van der Waals surface area contributed by atoms with Crippen LogP contribution in [0.15, 0.2) is 48.5 Å². The number of hydrogen-bond acceptors (Lipinski definition) is 4. The lowest BCUT2D eigenvalue weighted by Crippen LogP contribution is -2.52. The average molecular weight is 359 g/mol. The summed E-state index contributed by atoms with van der Waals surface area (Å²) in [5, 5.41) is 7.43. The Morgan fingerprint density at radius 2 is 2.00 bits per heavy atom. The minimum atomic E-state index is -0.0908. The molecule has 132 valence electrons. The number of piperidine rings is 1. The first-order valence-electron chi connectivity index (χ1n) is 8.63. The molecule has 2 aromatic carbocycles. The first-order valence-corrected chi connectivity index (χ1v) is 9.01. The molecular formula is C20H23ClN2O2. The summed E-state index contributed by atoms with van der Waals surface area (Å²) in [4.78, 5) is 11.1. The highest BCUT2D eigenvalue weighted by atomic mass is 35.5. The minimum Gasteiger partial charge on any atom is -0.489 e. The van der Waals surface area contributed by atoms with E-state index in [1.165, 1.54) is 5.56 Å². The fraction of sp³-hybridized carbons (Fsp3) is 0.350. The van der Waals surface area contributed by atoms with Crippen molar-refractivity contribution < 1.29 is 9.53 Å². The van der Waals surface area contributed by atoms with Crippen LogP contribution in [-0.2, 0) is 17.9 Å². The van der Waals surface area contributed by atoms with Crippen LogP contribution in [0.2, 0.25) is 5.02 Å². The molecule has 2 N–H and O–H groups in total. The lowest BCUT2D eigenvalue weighted by Gasteiger charge is -2.29. The molecule has 2 unspecified atom stereocenters. The monoisotopic (exact) mass is 358 g/mol. The van der Waals surface area contributed by atoms with E-state index in [2.05, 4.69) is 10.6 Å². The molecule has 0 amide bonds. The maximum absolute atomic E-state index is 11.1. The molecule has 1 heterocycles. The Bertz CT molecular complexity index is 690. The molecular weight excluding hydrogens is 336 g/mol. The number of aldehydes is 1. The van der Waals surface area contributed by atoms with Crippen LogP contribution in [0.5, 0.6) is 5.75 Å². The van der Waals surface area contributed by atoms with Crippen molar-refractivity contribution >= 4 is 17.9 Å². The first kappa shape index (κ1) is 17.9. The molecule has 0 spiro atoms. The van der Waals surface area contributed by atoms with Gasteiger partial charge in [0.2, 0.25) is 0 Å². The lowest BCUT2D eigenvalue weighted by molar-refractivity contribution is -0.110. The summed E-state index contributed by atoms with van der Waals surface area (Å²) < 4.78 is 5.80. The van der Waals surface area contributed by atoms with Gasteiger partial charge in [0.05, 0.1) is 6.04 Å². The molecule has 0 saturated carbocycles. The highest BCUT2D eigenvalue weighted by Gasteiger charge is 2.23. The fourth-order valence-corrected chi connectivity index (χ4v) is 3.20. The molecule has 1 aliphatic rings. The highest BCUT2D eigenvalue weighted by molar-refractivity contribution is 6.31. The van der Waals surface area contributed by atoms with Crippen LogP contribution in [0, 0.1) is 0 Å². The van der Waals surface area contributed by atoms with E-state index in [4.69, 9.17) is 16.3 Å². The molecule has 0 bridgehead atoms. The molecule has 1 aliphatic heterocycles. The average Bonchev–Trinajstić information content (AvgIpc) is 2.67. The Hall–Kier alpha value is -1.88. The molecule has 0 aliphatic carbocycles.